The number of benzene rings is 3. The Kier molecular flexibility index (Phi) is 8.76. The van der Waals surface area contributed by atoms with Crippen LogP contribution in [0, 0.1) is 0 Å². The van der Waals surface area contributed by atoms with E-state index in [4.69, 9.17) is 9.47 Å². The molecular formula is C31H40N2O3. The Morgan fingerprint density at radius 1 is 0.889 bits per heavy atom. The number of methoxy groups -OCH3 is 2. The number of nitrogens with zero attached hydrogens (tertiary/aromatic N) is 1. The lowest BCUT2D eigenvalue weighted by molar-refractivity contribution is 0.354. The second kappa shape index (κ2) is 12.2. The van der Waals surface area contributed by atoms with Gasteiger partial charge in [0.1, 0.15) is 5.75 Å². The van der Waals surface area contributed by atoms with Gasteiger partial charge in [0.15, 0.2) is 11.5 Å². The molecule has 0 heterocycles. The summed E-state index contributed by atoms with van der Waals surface area (Å²) in [7, 11) is 7.61. The molecule has 192 valence electrons. The maximum absolute atomic E-state index is 9.86. The summed E-state index contributed by atoms with van der Waals surface area (Å²) >= 11 is 0. The van der Waals surface area contributed by atoms with Gasteiger partial charge < -0.3 is 24.8 Å². The van der Waals surface area contributed by atoms with E-state index in [1.54, 1.807) is 20.3 Å². The molecule has 0 saturated carbocycles. The quantitative estimate of drug-likeness (QED) is 0.333. The maximum atomic E-state index is 9.86. The largest absolute Gasteiger partial charge is 0.508 e. The number of ether oxygens (including phenoxy) is 2. The van der Waals surface area contributed by atoms with Crippen molar-refractivity contribution in [2.45, 2.75) is 44.4 Å². The standard InChI is InChI=1S/C31H40N2O3/c1-33(2)17-15-23-9-7-22(8-10-23)6-5-16-32-29-21-31(36-4)30(35-3)20-28(29)26-12-11-25-19-27(34)14-13-24(25)18-26/h7-10,13-14,19-21,26,32,34H,5-6,11-12,15-18H2,1-4H3. The number of likely N-dealkylation sites (N-methyl/N-ethyl adjacent to an activating group) is 1. The summed E-state index contributed by atoms with van der Waals surface area (Å²) in [6.45, 7) is 1.97. The predicted molar refractivity (Wildman–Crippen MR) is 148 cm³/mol. The van der Waals surface area contributed by atoms with Crippen molar-refractivity contribution in [1.82, 2.24) is 4.90 Å². The van der Waals surface area contributed by atoms with Gasteiger partial charge in [-0.05, 0) is 105 Å². The van der Waals surface area contributed by atoms with Crippen molar-refractivity contribution < 1.29 is 14.6 Å². The van der Waals surface area contributed by atoms with E-state index in [1.165, 1.54) is 27.8 Å². The zero-order chi connectivity index (χ0) is 25.5. The third-order valence-corrected chi connectivity index (χ3v) is 7.24. The van der Waals surface area contributed by atoms with Crippen LogP contribution in [0.5, 0.6) is 17.2 Å². The molecule has 0 aliphatic heterocycles. The third-order valence-electron chi connectivity index (χ3n) is 7.24. The van der Waals surface area contributed by atoms with E-state index in [2.05, 4.69) is 66.8 Å². The summed E-state index contributed by atoms with van der Waals surface area (Å²) in [6.07, 6.45) is 6.15. The van der Waals surface area contributed by atoms with Gasteiger partial charge in [0.25, 0.3) is 0 Å². The Bertz CT molecular complexity index is 1140. The molecule has 0 bridgehead atoms. The van der Waals surface area contributed by atoms with Crippen LogP contribution in [0.1, 0.15) is 46.6 Å². The van der Waals surface area contributed by atoms with E-state index >= 15 is 0 Å². The SMILES string of the molecule is COc1cc(NCCCc2ccc(CCN(C)C)cc2)c(C2CCc3cc(O)ccc3C2)cc1OC. The minimum atomic E-state index is 0.351. The molecule has 5 nitrogen and oxygen atoms in total. The fourth-order valence-electron chi connectivity index (χ4n) is 5.13. The molecule has 0 fully saturated rings. The van der Waals surface area contributed by atoms with Crippen LogP contribution >= 0.6 is 0 Å². The lowest BCUT2D eigenvalue weighted by Crippen LogP contribution is -2.15. The molecule has 4 rings (SSSR count). The molecule has 5 heteroatoms. The van der Waals surface area contributed by atoms with E-state index in [9.17, 15) is 5.11 Å². The van der Waals surface area contributed by atoms with Crippen molar-refractivity contribution in [2.24, 2.45) is 0 Å². The monoisotopic (exact) mass is 488 g/mol. The van der Waals surface area contributed by atoms with E-state index in [-0.39, 0.29) is 0 Å². The highest BCUT2D eigenvalue weighted by Gasteiger charge is 2.24. The van der Waals surface area contributed by atoms with Gasteiger partial charge >= 0.3 is 0 Å². The lowest BCUT2D eigenvalue weighted by atomic mass is 9.79. The molecule has 1 atom stereocenters. The number of rotatable bonds is 11. The van der Waals surface area contributed by atoms with Crippen molar-refractivity contribution in [3.8, 4) is 17.2 Å². The first-order chi connectivity index (χ1) is 17.5. The van der Waals surface area contributed by atoms with Crippen LogP contribution in [0.15, 0.2) is 54.6 Å². The summed E-state index contributed by atoms with van der Waals surface area (Å²) in [5.41, 5.74) is 7.75. The van der Waals surface area contributed by atoms with E-state index in [1.807, 2.05) is 6.07 Å². The Labute approximate surface area is 216 Å². The number of aryl methyl sites for hydroxylation is 2. The molecule has 0 spiro atoms. The Balaban J connectivity index is 1.42. The summed E-state index contributed by atoms with van der Waals surface area (Å²) < 4.78 is 11.3. The van der Waals surface area contributed by atoms with E-state index < -0.39 is 0 Å². The number of fused-ring (bicyclic) bond motifs is 1. The van der Waals surface area contributed by atoms with Gasteiger partial charge in [0.05, 0.1) is 14.2 Å². The smallest absolute Gasteiger partial charge is 0.162 e. The second-order valence-corrected chi connectivity index (χ2v) is 10.1. The number of nitrogens with one attached hydrogen (secondary N) is 1. The molecule has 1 aliphatic carbocycles. The molecule has 2 N–H and O–H groups in total. The lowest BCUT2D eigenvalue weighted by Gasteiger charge is -2.28. The summed E-state index contributed by atoms with van der Waals surface area (Å²) in [5, 5.41) is 13.6. The molecular weight excluding hydrogens is 448 g/mol. The number of phenolic OH excluding ortho intramolecular Hbond substituents is 1. The van der Waals surface area contributed by atoms with E-state index in [0.29, 0.717) is 11.7 Å². The summed E-state index contributed by atoms with van der Waals surface area (Å²) in [6, 6.07) is 19.1. The third kappa shape index (κ3) is 6.52. The van der Waals surface area contributed by atoms with Crippen LogP contribution in [-0.2, 0) is 25.7 Å². The van der Waals surface area contributed by atoms with Crippen LogP contribution in [-0.4, -0.2) is 51.4 Å². The normalized spacial score (nSPS) is 15.0. The molecule has 0 amide bonds. The van der Waals surface area contributed by atoms with Gasteiger partial charge in [-0.2, -0.15) is 0 Å². The number of anilines is 1. The van der Waals surface area contributed by atoms with Crippen molar-refractivity contribution in [3.63, 3.8) is 0 Å². The number of hydrogen-bond donors (Lipinski definition) is 2. The minimum Gasteiger partial charge on any atom is -0.508 e. The average Bonchev–Trinajstić information content (AvgIpc) is 2.89. The molecule has 0 radical (unpaired) electrons. The Morgan fingerprint density at radius 2 is 1.58 bits per heavy atom. The van der Waals surface area contributed by atoms with Gasteiger partial charge in [-0.1, -0.05) is 30.3 Å². The van der Waals surface area contributed by atoms with Crippen LogP contribution in [0.4, 0.5) is 5.69 Å². The molecule has 1 aliphatic rings. The first-order valence-corrected chi connectivity index (χ1v) is 13.0. The fraction of sp³-hybridized carbons (Fsp3) is 0.419. The maximum Gasteiger partial charge on any atom is 0.162 e. The molecule has 3 aromatic carbocycles. The predicted octanol–water partition coefficient (Wildman–Crippen LogP) is 5.83. The van der Waals surface area contributed by atoms with Gasteiger partial charge in [-0.25, -0.2) is 0 Å². The first-order valence-electron chi connectivity index (χ1n) is 13.0. The number of phenols is 1. The van der Waals surface area contributed by atoms with Gasteiger partial charge in [0.2, 0.25) is 0 Å². The number of aromatic hydroxyl groups is 1. The Morgan fingerprint density at radius 3 is 2.28 bits per heavy atom. The number of hydrogen-bond acceptors (Lipinski definition) is 5. The van der Waals surface area contributed by atoms with E-state index in [0.717, 1.165) is 68.8 Å². The van der Waals surface area contributed by atoms with Crippen LogP contribution in [0.2, 0.25) is 0 Å². The second-order valence-electron chi connectivity index (χ2n) is 10.1. The fourth-order valence-corrected chi connectivity index (χ4v) is 5.13. The molecule has 0 saturated heterocycles. The van der Waals surface area contributed by atoms with Crippen molar-refractivity contribution >= 4 is 5.69 Å². The minimum absolute atomic E-state index is 0.351. The van der Waals surface area contributed by atoms with Gasteiger partial charge in [-0.15, -0.1) is 0 Å². The summed E-state index contributed by atoms with van der Waals surface area (Å²) in [5.74, 6) is 2.25. The van der Waals surface area contributed by atoms with Crippen LogP contribution in [0.3, 0.4) is 0 Å². The highest BCUT2D eigenvalue weighted by Crippen LogP contribution is 2.42. The van der Waals surface area contributed by atoms with Crippen molar-refractivity contribution in [3.05, 3.63) is 82.4 Å². The Hall–Kier alpha value is -3.18. The summed E-state index contributed by atoms with van der Waals surface area (Å²) in [4.78, 5) is 2.22. The van der Waals surface area contributed by atoms with Gasteiger partial charge in [-0.3, -0.25) is 0 Å². The molecule has 3 aromatic rings. The van der Waals surface area contributed by atoms with Crippen molar-refractivity contribution in [1.29, 1.82) is 0 Å². The first kappa shape index (κ1) is 25.9. The highest BCUT2D eigenvalue weighted by atomic mass is 16.5. The highest BCUT2D eigenvalue weighted by molar-refractivity contribution is 5.62. The van der Waals surface area contributed by atoms with Crippen LogP contribution in [0.25, 0.3) is 0 Å². The molecule has 36 heavy (non-hydrogen) atoms. The average molecular weight is 489 g/mol. The molecule has 0 aromatic heterocycles. The molecule has 1 unspecified atom stereocenters. The zero-order valence-corrected chi connectivity index (χ0v) is 22.1. The van der Waals surface area contributed by atoms with Crippen molar-refractivity contribution in [2.75, 3.05) is 46.7 Å². The zero-order valence-electron chi connectivity index (χ0n) is 22.1. The topological polar surface area (TPSA) is 54.0 Å². The van der Waals surface area contributed by atoms with Gasteiger partial charge in [0, 0.05) is 24.8 Å². The van der Waals surface area contributed by atoms with Crippen LogP contribution < -0.4 is 14.8 Å².